The molecule has 0 atom stereocenters. The third-order valence-corrected chi connectivity index (χ3v) is 2.03. The van der Waals surface area contributed by atoms with Crippen molar-refractivity contribution in [1.82, 2.24) is 20.1 Å². The molecule has 0 aliphatic heterocycles. The van der Waals surface area contributed by atoms with Gasteiger partial charge in [0.05, 0.1) is 6.20 Å². The lowest BCUT2D eigenvalue weighted by atomic mass is 10.5. The molecule has 0 radical (unpaired) electrons. The number of hydrogen-bond donors (Lipinski definition) is 1. The maximum absolute atomic E-state index is 5.58. The predicted octanol–water partition coefficient (Wildman–Crippen LogP) is 0.889. The Labute approximate surface area is 88.5 Å². The Morgan fingerprint density at radius 3 is 3.00 bits per heavy atom. The third kappa shape index (κ3) is 3.85. The summed E-state index contributed by atoms with van der Waals surface area (Å²) in [4.78, 5) is 6.16. The molecule has 0 spiro atoms. The first-order valence-electron chi connectivity index (χ1n) is 4.50. The van der Waals surface area contributed by atoms with Crippen LogP contribution < -0.4 is 5.32 Å². The molecule has 0 aliphatic rings. The lowest BCUT2D eigenvalue weighted by Crippen LogP contribution is -2.25. The Balaban J connectivity index is 2.31. The first-order chi connectivity index (χ1) is 6.72. The van der Waals surface area contributed by atoms with E-state index in [1.54, 1.807) is 6.20 Å². The van der Waals surface area contributed by atoms with Gasteiger partial charge in [0, 0.05) is 13.1 Å². The molecule has 78 valence electrons. The van der Waals surface area contributed by atoms with Crippen molar-refractivity contribution in [2.24, 2.45) is 0 Å². The van der Waals surface area contributed by atoms with Gasteiger partial charge in [-0.15, -0.1) is 5.10 Å². The number of rotatable bonds is 5. The number of nitrogens with zero attached hydrogens (tertiary/aromatic N) is 4. The Morgan fingerprint density at radius 2 is 2.36 bits per heavy atom. The summed E-state index contributed by atoms with van der Waals surface area (Å²) < 4.78 is 0. The zero-order chi connectivity index (χ0) is 10.4. The summed E-state index contributed by atoms with van der Waals surface area (Å²) in [7, 11) is 2.06. The van der Waals surface area contributed by atoms with Crippen molar-refractivity contribution in [2.75, 3.05) is 32.0 Å². The van der Waals surface area contributed by atoms with Crippen molar-refractivity contribution in [3.8, 4) is 0 Å². The molecule has 1 aromatic heterocycles. The molecule has 0 saturated heterocycles. The number of anilines is 1. The molecule has 1 N–H and O–H groups in total. The Bertz CT molecular complexity index is 280. The summed E-state index contributed by atoms with van der Waals surface area (Å²) in [6.07, 6.45) is 1.55. The molecular formula is C8H14ClN5. The van der Waals surface area contributed by atoms with E-state index in [4.69, 9.17) is 11.6 Å². The SMILES string of the molecule is CCN(C)CCNc1cnnc(Cl)n1. The van der Waals surface area contributed by atoms with Gasteiger partial charge in [-0.25, -0.2) is 0 Å². The normalized spacial score (nSPS) is 10.6. The van der Waals surface area contributed by atoms with E-state index in [0.717, 1.165) is 19.6 Å². The van der Waals surface area contributed by atoms with Gasteiger partial charge in [0.1, 0.15) is 5.82 Å². The van der Waals surface area contributed by atoms with Crippen molar-refractivity contribution in [1.29, 1.82) is 0 Å². The van der Waals surface area contributed by atoms with Gasteiger partial charge in [-0.2, -0.15) is 10.1 Å². The van der Waals surface area contributed by atoms with Crippen molar-refractivity contribution >= 4 is 17.4 Å². The second-order valence-electron chi connectivity index (χ2n) is 2.93. The van der Waals surface area contributed by atoms with Crippen molar-refractivity contribution in [3.63, 3.8) is 0 Å². The summed E-state index contributed by atoms with van der Waals surface area (Å²) in [5.74, 6) is 0.662. The maximum Gasteiger partial charge on any atom is 0.244 e. The van der Waals surface area contributed by atoms with E-state index in [0.29, 0.717) is 5.82 Å². The third-order valence-electron chi connectivity index (χ3n) is 1.87. The molecule has 1 rings (SSSR count). The van der Waals surface area contributed by atoms with Crippen molar-refractivity contribution in [2.45, 2.75) is 6.92 Å². The smallest absolute Gasteiger partial charge is 0.244 e. The topological polar surface area (TPSA) is 53.9 Å². The molecule has 1 aromatic rings. The number of aromatic nitrogens is 3. The van der Waals surface area contributed by atoms with Crippen LogP contribution in [0.5, 0.6) is 0 Å². The summed E-state index contributed by atoms with van der Waals surface area (Å²) in [5.41, 5.74) is 0. The molecule has 0 bridgehead atoms. The average molecular weight is 216 g/mol. The first kappa shape index (κ1) is 11.1. The fraction of sp³-hybridized carbons (Fsp3) is 0.625. The highest BCUT2D eigenvalue weighted by atomic mass is 35.5. The second kappa shape index (κ2) is 5.72. The van der Waals surface area contributed by atoms with Crippen LogP contribution in [-0.4, -0.2) is 46.8 Å². The fourth-order valence-corrected chi connectivity index (χ4v) is 1.03. The molecule has 0 unspecified atom stereocenters. The van der Waals surface area contributed by atoms with E-state index >= 15 is 0 Å². The summed E-state index contributed by atoms with van der Waals surface area (Å²) in [6.45, 7) is 4.92. The minimum absolute atomic E-state index is 0.166. The van der Waals surface area contributed by atoms with Gasteiger partial charge >= 0.3 is 0 Å². The average Bonchev–Trinajstić information content (AvgIpc) is 2.17. The Morgan fingerprint density at radius 1 is 1.57 bits per heavy atom. The van der Waals surface area contributed by atoms with E-state index in [9.17, 15) is 0 Å². The van der Waals surface area contributed by atoms with Crippen LogP contribution in [0.3, 0.4) is 0 Å². The van der Waals surface area contributed by atoms with Gasteiger partial charge in [-0.05, 0) is 25.2 Å². The van der Waals surface area contributed by atoms with E-state index in [1.807, 2.05) is 0 Å². The van der Waals surface area contributed by atoms with Crippen LogP contribution in [-0.2, 0) is 0 Å². The molecule has 0 fully saturated rings. The van der Waals surface area contributed by atoms with Crippen LogP contribution in [0.1, 0.15) is 6.92 Å². The number of likely N-dealkylation sites (N-methyl/N-ethyl adjacent to an activating group) is 1. The monoisotopic (exact) mass is 215 g/mol. The molecule has 0 amide bonds. The van der Waals surface area contributed by atoms with Gasteiger partial charge in [-0.3, -0.25) is 0 Å². The molecular weight excluding hydrogens is 202 g/mol. The highest BCUT2D eigenvalue weighted by Crippen LogP contribution is 2.02. The Hall–Kier alpha value is -0.940. The van der Waals surface area contributed by atoms with Crippen molar-refractivity contribution in [3.05, 3.63) is 11.5 Å². The maximum atomic E-state index is 5.58. The second-order valence-corrected chi connectivity index (χ2v) is 3.27. The van der Waals surface area contributed by atoms with Crippen LogP contribution in [0.25, 0.3) is 0 Å². The van der Waals surface area contributed by atoms with Gasteiger partial charge in [0.2, 0.25) is 5.28 Å². The van der Waals surface area contributed by atoms with E-state index < -0.39 is 0 Å². The number of hydrogen-bond acceptors (Lipinski definition) is 5. The predicted molar refractivity (Wildman–Crippen MR) is 56.5 cm³/mol. The molecule has 14 heavy (non-hydrogen) atoms. The first-order valence-corrected chi connectivity index (χ1v) is 4.87. The van der Waals surface area contributed by atoms with Crippen LogP contribution >= 0.6 is 11.6 Å². The van der Waals surface area contributed by atoms with E-state index in [1.165, 1.54) is 0 Å². The van der Waals surface area contributed by atoms with E-state index in [2.05, 4.69) is 39.4 Å². The minimum atomic E-state index is 0.166. The highest BCUT2D eigenvalue weighted by Gasteiger charge is 1.97. The van der Waals surface area contributed by atoms with Gasteiger partial charge in [0.15, 0.2) is 0 Å². The molecule has 0 saturated carbocycles. The summed E-state index contributed by atoms with van der Waals surface area (Å²) in [5, 5.41) is 10.5. The lowest BCUT2D eigenvalue weighted by molar-refractivity contribution is 0.367. The minimum Gasteiger partial charge on any atom is -0.367 e. The molecule has 5 nitrogen and oxygen atoms in total. The van der Waals surface area contributed by atoms with Gasteiger partial charge < -0.3 is 10.2 Å². The standard InChI is InChI=1S/C8H14ClN5/c1-3-14(2)5-4-10-7-6-11-13-8(9)12-7/h6H,3-5H2,1-2H3,(H,10,12,13). The highest BCUT2D eigenvalue weighted by molar-refractivity contribution is 6.28. The molecule has 0 aliphatic carbocycles. The number of halogens is 1. The quantitative estimate of drug-likeness (QED) is 0.791. The van der Waals surface area contributed by atoms with Crippen LogP contribution in [0.2, 0.25) is 5.28 Å². The molecule has 1 heterocycles. The molecule has 6 heteroatoms. The van der Waals surface area contributed by atoms with E-state index in [-0.39, 0.29) is 5.28 Å². The number of nitrogens with one attached hydrogen (secondary N) is 1. The molecule has 0 aromatic carbocycles. The summed E-state index contributed by atoms with van der Waals surface area (Å²) in [6, 6.07) is 0. The summed E-state index contributed by atoms with van der Waals surface area (Å²) >= 11 is 5.58. The van der Waals surface area contributed by atoms with Crippen LogP contribution in [0, 0.1) is 0 Å². The zero-order valence-corrected chi connectivity index (χ0v) is 9.12. The zero-order valence-electron chi connectivity index (χ0n) is 8.37. The Kier molecular flexibility index (Phi) is 4.55. The van der Waals surface area contributed by atoms with Crippen LogP contribution in [0.4, 0.5) is 5.82 Å². The van der Waals surface area contributed by atoms with Crippen molar-refractivity contribution < 1.29 is 0 Å². The largest absolute Gasteiger partial charge is 0.367 e. The van der Waals surface area contributed by atoms with Crippen LogP contribution in [0.15, 0.2) is 6.20 Å². The van der Waals surface area contributed by atoms with Gasteiger partial charge in [0.25, 0.3) is 0 Å². The van der Waals surface area contributed by atoms with Gasteiger partial charge in [-0.1, -0.05) is 6.92 Å². The lowest BCUT2D eigenvalue weighted by Gasteiger charge is -2.13. The fourth-order valence-electron chi connectivity index (χ4n) is 0.900.